The van der Waals surface area contributed by atoms with E-state index in [9.17, 15) is 26.3 Å². The second-order valence-corrected chi connectivity index (χ2v) is 6.72. The zero-order valence-electron chi connectivity index (χ0n) is 18.9. The van der Waals surface area contributed by atoms with E-state index < -0.39 is 29.9 Å². The molecule has 0 aliphatic rings. The maximum atomic E-state index is 14.5. The van der Waals surface area contributed by atoms with Crippen LogP contribution in [0.1, 0.15) is 58.6 Å². The Hall–Kier alpha value is -2.71. The molecule has 32 heavy (non-hydrogen) atoms. The van der Waals surface area contributed by atoms with Crippen molar-refractivity contribution in [3.63, 3.8) is 0 Å². The van der Waals surface area contributed by atoms with Gasteiger partial charge in [-0.05, 0) is 50.6 Å². The number of rotatable bonds is 8. The minimum absolute atomic E-state index is 0.0328. The van der Waals surface area contributed by atoms with E-state index in [-0.39, 0.29) is 23.4 Å². The predicted octanol–water partition coefficient (Wildman–Crippen LogP) is 7.58. The second-order valence-electron chi connectivity index (χ2n) is 6.72. The van der Waals surface area contributed by atoms with Crippen molar-refractivity contribution in [1.29, 1.82) is 0 Å². The van der Waals surface area contributed by atoms with Crippen LogP contribution < -0.4 is 10.5 Å². The number of alkyl halides is 5. The maximum absolute atomic E-state index is 14.5. The lowest BCUT2D eigenvalue weighted by Gasteiger charge is -2.16. The van der Waals surface area contributed by atoms with Crippen LogP contribution in [-0.4, -0.2) is 18.9 Å². The lowest BCUT2D eigenvalue weighted by atomic mass is 9.99. The number of aliphatic imine (C=N–C) groups is 1. The lowest BCUT2D eigenvalue weighted by molar-refractivity contribution is -0.138. The molecule has 0 aliphatic carbocycles. The third kappa shape index (κ3) is 10.5. The van der Waals surface area contributed by atoms with Gasteiger partial charge in [-0.3, -0.25) is 4.99 Å². The Morgan fingerprint density at radius 2 is 1.75 bits per heavy atom. The average molecular weight is 464 g/mol. The number of halogens is 6. The Bertz CT molecular complexity index is 835. The third-order valence-corrected chi connectivity index (χ3v) is 3.66. The molecule has 9 heteroatoms. The summed E-state index contributed by atoms with van der Waals surface area (Å²) >= 11 is 0. The van der Waals surface area contributed by atoms with Crippen LogP contribution in [0.4, 0.5) is 26.3 Å². The Balaban J connectivity index is 0.00000302. The molecular weight excluding hydrogens is 434 g/mol. The van der Waals surface area contributed by atoms with Crippen molar-refractivity contribution in [3.05, 3.63) is 64.7 Å². The molecule has 1 rings (SSSR count). The van der Waals surface area contributed by atoms with E-state index >= 15 is 0 Å². The van der Waals surface area contributed by atoms with Crippen LogP contribution in [0, 0.1) is 0 Å². The number of benzene rings is 1. The van der Waals surface area contributed by atoms with Gasteiger partial charge >= 0.3 is 12.8 Å². The minimum atomic E-state index is -4.77. The molecule has 0 aliphatic heterocycles. The molecule has 0 fully saturated rings. The Morgan fingerprint density at radius 1 is 1.16 bits per heavy atom. The van der Waals surface area contributed by atoms with Gasteiger partial charge in [-0.2, -0.15) is 22.0 Å². The van der Waals surface area contributed by atoms with Crippen molar-refractivity contribution < 1.29 is 31.1 Å². The van der Waals surface area contributed by atoms with Crippen molar-refractivity contribution in [3.8, 4) is 5.75 Å². The van der Waals surface area contributed by atoms with Crippen LogP contribution in [-0.2, 0) is 6.18 Å². The van der Waals surface area contributed by atoms with Crippen molar-refractivity contribution in [1.82, 2.24) is 0 Å². The first-order valence-corrected chi connectivity index (χ1v) is 10.0. The summed E-state index contributed by atoms with van der Waals surface area (Å²) < 4.78 is 83.3. The quantitative estimate of drug-likeness (QED) is 0.245. The third-order valence-electron chi connectivity index (χ3n) is 3.66. The van der Waals surface area contributed by atoms with Crippen LogP contribution in [0.25, 0.3) is 0 Å². The van der Waals surface area contributed by atoms with Crippen molar-refractivity contribution >= 4 is 5.71 Å². The molecule has 0 spiro atoms. The molecule has 2 N–H and O–H groups in total. The monoisotopic (exact) mass is 464 g/mol. The fourth-order valence-electron chi connectivity index (χ4n) is 2.23. The first kappa shape index (κ1) is 29.3. The zero-order valence-corrected chi connectivity index (χ0v) is 18.9. The minimum Gasteiger partial charge on any atom is -0.434 e. The molecule has 0 saturated heterocycles. The van der Waals surface area contributed by atoms with E-state index in [1.165, 1.54) is 31.6 Å². The first-order valence-electron chi connectivity index (χ1n) is 10.0. The largest absolute Gasteiger partial charge is 0.434 e. The number of nitrogens with two attached hydrogens (primary N) is 1. The highest BCUT2D eigenvalue weighted by Crippen LogP contribution is 2.35. The second kappa shape index (κ2) is 14.4. The van der Waals surface area contributed by atoms with Crippen LogP contribution in [0.2, 0.25) is 0 Å². The molecule has 0 unspecified atom stereocenters. The maximum Gasteiger partial charge on any atom is 0.416 e. The summed E-state index contributed by atoms with van der Waals surface area (Å²) in [6.07, 6.45) is 1.22. The standard InChI is InChI=1S/C20H22F6N2O.C3H8/c1-4-5-6-16(21)13(3)18(28-10-9-12(2)27)15-8-7-14(20(24,25)26)11-17(15)29-19(22)23;1-3-2/h5-9,11,19H,4,10,27H2,1-3H3;3H2,1-2H3/b6-5-,12-9+,16-13-,28-18?;. The summed E-state index contributed by atoms with van der Waals surface area (Å²) in [6, 6.07) is 2.06. The number of allylic oxidation sites excluding steroid dienone is 5. The van der Waals surface area contributed by atoms with Crippen LogP contribution in [0.3, 0.4) is 0 Å². The van der Waals surface area contributed by atoms with E-state index in [1.807, 2.05) is 0 Å². The summed E-state index contributed by atoms with van der Waals surface area (Å²) in [5, 5.41) is 0. The molecule has 1 aromatic rings. The molecule has 0 bridgehead atoms. The molecular formula is C23H30F6N2O. The van der Waals surface area contributed by atoms with Gasteiger partial charge in [0, 0.05) is 16.8 Å². The summed E-state index contributed by atoms with van der Waals surface area (Å²) in [7, 11) is 0. The molecule has 0 radical (unpaired) electrons. The topological polar surface area (TPSA) is 47.6 Å². The van der Waals surface area contributed by atoms with Gasteiger partial charge in [0.15, 0.2) is 0 Å². The molecule has 0 aromatic heterocycles. The van der Waals surface area contributed by atoms with Crippen LogP contribution >= 0.6 is 0 Å². The average Bonchev–Trinajstić information content (AvgIpc) is 2.68. The summed E-state index contributed by atoms with van der Waals surface area (Å²) in [4.78, 5) is 4.15. The van der Waals surface area contributed by atoms with Crippen LogP contribution in [0.5, 0.6) is 5.75 Å². The highest BCUT2D eigenvalue weighted by molar-refractivity contribution is 6.14. The summed E-state index contributed by atoms with van der Waals surface area (Å²) in [5.74, 6) is -1.46. The highest BCUT2D eigenvalue weighted by atomic mass is 19.4. The van der Waals surface area contributed by atoms with Gasteiger partial charge in [0.2, 0.25) is 0 Å². The van der Waals surface area contributed by atoms with Gasteiger partial charge in [0.05, 0.1) is 17.8 Å². The number of nitrogens with zero attached hydrogens (tertiary/aromatic N) is 1. The van der Waals surface area contributed by atoms with Gasteiger partial charge in [-0.1, -0.05) is 33.3 Å². The number of hydrogen-bond donors (Lipinski definition) is 1. The normalized spacial score (nSPS) is 13.8. The van der Waals surface area contributed by atoms with Gasteiger partial charge in [-0.15, -0.1) is 0 Å². The molecule has 3 nitrogen and oxygen atoms in total. The van der Waals surface area contributed by atoms with E-state index in [2.05, 4.69) is 23.6 Å². The van der Waals surface area contributed by atoms with Crippen LogP contribution in [0.15, 0.2) is 58.5 Å². The van der Waals surface area contributed by atoms with Gasteiger partial charge in [0.25, 0.3) is 0 Å². The molecule has 0 heterocycles. The van der Waals surface area contributed by atoms with Crippen molar-refractivity contribution in [2.45, 2.75) is 60.2 Å². The number of ether oxygens (including phenoxy) is 1. The van der Waals surface area contributed by atoms with E-state index in [0.717, 1.165) is 6.07 Å². The summed E-state index contributed by atoms with van der Waals surface area (Å²) in [6.45, 7) is 5.56. The fourth-order valence-corrected chi connectivity index (χ4v) is 2.23. The molecule has 0 saturated carbocycles. The molecule has 0 amide bonds. The predicted molar refractivity (Wildman–Crippen MR) is 117 cm³/mol. The SMILES string of the molecule is CC/C=C\C(F)=C(/C)C(=NC/C=C(\C)N)c1ccc(C(F)(F)F)cc1OC(F)F.CCC. The van der Waals surface area contributed by atoms with E-state index in [0.29, 0.717) is 24.3 Å². The summed E-state index contributed by atoms with van der Waals surface area (Å²) in [5.41, 5.74) is 4.40. The van der Waals surface area contributed by atoms with E-state index in [1.54, 1.807) is 13.8 Å². The Labute approximate surface area is 185 Å². The Kier molecular flexibility index (Phi) is 13.2. The zero-order chi connectivity index (χ0) is 24.9. The smallest absolute Gasteiger partial charge is 0.416 e. The lowest BCUT2D eigenvalue weighted by Crippen LogP contribution is -2.13. The number of hydrogen-bond acceptors (Lipinski definition) is 3. The van der Waals surface area contributed by atoms with E-state index in [4.69, 9.17) is 5.73 Å². The molecule has 0 atom stereocenters. The highest BCUT2D eigenvalue weighted by Gasteiger charge is 2.32. The van der Waals surface area contributed by atoms with Crippen molar-refractivity contribution in [2.75, 3.05) is 6.54 Å². The molecule has 1 aromatic carbocycles. The first-order chi connectivity index (χ1) is 14.9. The Morgan fingerprint density at radius 3 is 2.22 bits per heavy atom. The van der Waals surface area contributed by atoms with Gasteiger partial charge < -0.3 is 10.5 Å². The van der Waals surface area contributed by atoms with Gasteiger partial charge in [-0.25, -0.2) is 4.39 Å². The molecule has 180 valence electrons. The van der Waals surface area contributed by atoms with Gasteiger partial charge in [0.1, 0.15) is 11.6 Å². The van der Waals surface area contributed by atoms with Crippen molar-refractivity contribution in [2.24, 2.45) is 10.7 Å². The fraction of sp³-hybridized carbons (Fsp3) is 0.435.